The second-order valence-corrected chi connectivity index (χ2v) is 4.14. The van der Waals surface area contributed by atoms with Gasteiger partial charge < -0.3 is 5.32 Å². The standard InChI is InChI=1S/C11H14FNOS/c1-15-7-3-6-11(14)13-10-5-2-4-9(12)8-10/h2,4-5,8H,3,6-7H2,1H3,(H,13,14). The number of hydrogen-bond donors (Lipinski definition) is 1. The molecule has 1 aromatic rings. The summed E-state index contributed by atoms with van der Waals surface area (Å²) in [5, 5.41) is 2.65. The van der Waals surface area contributed by atoms with E-state index in [0.29, 0.717) is 12.1 Å². The number of anilines is 1. The lowest BCUT2D eigenvalue weighted by Crippen LogP contribution is -2.11. The molecule has 0 heterocycles. The molecule has 82 valence electrons. The van der Waals surface area contributed by atoms with E-state index in [9.17, 15) is 9.18 Å². The number of carbonyl (C=O) groups is 1. The van der Waals surface area contributed by atoms with Crippen LogP contribution in [-0.2, 0) is 4.79 Å². The van der Waals surface area contributed by atoms with Gasteiger partial charge in [0.15, 0.2) is 0 Å². The highest BCUT2D eigenvalue weighted by Crippen LogP contribution is 2.10. The van der Waals surface area contributed by atoms with E-state index in [0.717, 1.165) is 12.2 Å². The Labute approximate surface area is 93.3 Å². The molecule has 1 amide bonds. The Morgan fingerprint density at radius 3 is 3.00 bits per heavy atom. The van der Waals surface area contributed by atoms with Crippen LogP contribution in [0.2, 0.25) is 0 Å². The molecular formula is C11H14FNOS. The highest BCUT2D eigenvalue weighted by molar-refractivity contribution is 7.98. The zero-order chi connectivity index (χ0) is 11.1. The van der Waals surface area contributed by atoms with Crippen molar-refractivity contribution in [1.82, 2.24) is 0 Å². The molecule has 0 spiro atoms. The number of thioether (sulfide) groups is 1. The average molecular weight is 227 g/mol. The van der Waals surface area contributed by atoms with Crippen LogP contribution in [0.3, 0.4) is 0 Å². The number of amides is 1. The van der Waals surface area contributed by atoms with Crippen LogP contribution in [-0.4, -0.2) is 17.9 Å². The molecule has 1 rings (SSSR count). The van der Waals surface area contributed by atoms with Crippen LogP contribution in [0.1, 0.15) is 12.8 Å². The quantitative estimate of drug-likeness (QED) is 0.784. The van der Waals surface area contributed by atoms with Crippen molar-refractivity contribution in [2.75, 3.05) is 17.3 Å². The van der Waals surface area contributed by atoms with Gasteiger partial charge in [0.1, 0.15) is 5.82 Å². The van der Waals surface area contributed by atoms with Crippen LogP contribution in [0.25, 0.3) is 0 Å². The number of hydrogen-bond acceptors (Lipinski definition) is 2. The van der Waals surface area contributed by atoms with Gasteiger partial charge in [0.25, 0.3) is 0 Å². The van der Waals surface area contributed by atoms with E-state index in [1.807, 2.05) is 6.26 Å². The third-order valence-corrected chi connectivity index (χ3v) is 2.56. The summed E-state index contributed by atoms with van der Waals surface area (Å²) in [5.74, 6) is 0.572. The van der Waals surface area contributed by atoms with E-state index in [4.69, 9.17) is 0 Å². The Hall–Kier alpha value is -1.03. The van der Waals surface area contributed by atoms with E-state index in [2.05, 4.69) is 5.32 Å². The second-order valence-electron chi connectivity index (χ2n) is 3.15. The summed E-state index contributed by atoms with van der Waals surface area (Å²) in [6.45, 7) is 0. The molecule has 15 heavy (non-hydrogen) atoms. The lowest BCUT2D eigenvalue weighted by Gasteiger charge is -2.04. The van der Waals surface area contributed by atoms with Gasteiger partial charge in [0, 0.05) is 12.1 Å². The van der Waals surface area contributed by atoms with Crippen LogP contribution < -0.4 is 5.32 Å². The molecule has 0 bridgehead atoms. The Bertz CT molecular complexity index is 330. The topological polar surface area (TPSA) is 29.1 Å². The van der Waals surface area contributed by atoms with E-state index >= 15 is 0 Å². The molecule has 0 atom stereocenters. The minimum atomic E-state index is -0.336. The molecule has 1 aromatic carbocycles. The lowest BCUT2D eigenvalue weighted by molar-refractivity contribution is -0.116. The van der Waals surface area contributed by atoms with Gasteiger partial charge in [-0.25, -0.2) is 4.39 Å². The van der Waals surface area contributed by atoms with Crippen LogP contribution >= 0.6 is 11.8 Å². The minimum Gasteiger partial charge on any atom is -0.326 e. The zero-order valence-electron chi connectivity index (χ0n) is 8.63. The maximum Gasteiger partial charge on any atom is 0.224 e. The molecule has 0 aliphatic carbocycles. The number of rotatable bonds is 5. The summed E-state index contributed by atoms with van der Waals surface area (Å²) in [6.07, 6.45) is 3.34. The van der Waals surface area contributed by atoms with Gasteiger partial charge in [-0.3, -0.25) is 4.79 Å². The summed E-state index contributed by atoms with van der Waals surface area (Å²) in [7, 11) is 0. The Morgan fingerprint density at radius 2 is 2.33 bits per heavy atom. The van der Waals surface area contributed by atoms with Crippen LogP contribution in [0, 0.1) is 5.82 Å². The highest BCUT2D eigenvalue weighted by atomic mass is 32.2. The SMILES string of the molecule is CSCCCC(=O)Nc1cccc(F)c1. The van der Waals surface area contributed by atoms with Crippen molar-refractivity contribution >= 4 is 23.4 Å². The fourth-order valence-electron chi connectivity index (χ4n) is 1.17. The first kappa shape index (κ1) is 12.0. The molecule has 0 saturated carbocycles. The molecule has 0 fully saturated rings. The molecule has 1 N–H and O–H groups in total. The van der Waals surface area contributed by atoms with Crippen molar-refractivity contribution in [2.24, 2.45) is 0 Å². The van der Waals surface area contributed by atoms with Crippen molar-refractivity contribution in [3.8, 4) is 0 Å². The van der Waals surface area contributed by atoms with E-state index in [1.54, 1.807) is 23.9 Å². The average Bonchev–Trinajstić information content (AvgIpc) is 2.18. The number of nitrogens with one attached hydrogen (secondary N) is 1. The maximum absolute atomic E-state index is 12.8. The van der Waals surface area contributed by atoms with Gasteiger partial charge in [-0.15, -0.1) is 0 Å². The Balaban J connectivity index is 2.37. The molecule has 0 saturated heterocycles. The van der Waals surface area contributed by atoms with Crippen LogP contribution in [0.5, 0.6) is 0 Å². The fourth-order valence-corrected chi connectivity index (χ4v) is 1.60. The minimum absolute atomic E-state index is 0.0605. The van der Waals surface area contributed by atoms with E-state index in [1.165, 1.54) is 12.1 Å². The van der Waals surface area contributed by atoms with Gasteiger partial charge in [0.2, 0.25) is 5.91 Å². The molecule has 0 aliphatic heterocycles. The third-order valence-electron chi connectivity index (χ3n) is 1.86. The van der Waals surface area contributed by atoms with Crippen molar-refractivity contribution < 1.29 is 9.18 Å². The monoisotopic (exact) mass is 227 g/mol. The highest BCUT2D eigenvalue weighted by Gasteiger charge is 2.02. The second kappa shape index (κ2) is 6.45. The molecule has 0 radical (unpaired) electrons. The van der Waals surface area contributed by atoms with E-state index in [-0.39, 0.29) is 11.7 Å². The maximum atomic E-state index is 12.8. The molecule has 4 heteroatoms. The van der Waals surface area contributed by atoms with Crippen molar-refractivity contribution in [3.05, 3.63) is 30.1 Å². The fraction of sp³-hybridized carbons (Fsp3) is 0.364. The first-order valence-corrected chi connectivity index (χ1v) is 6.16. The van der Waals surface area contributed by atoms with Crippen LogP contribution in [0.15, 0.2) is 24.3 Å². The number of halogens is 1. The first-order valence-electron chi connectivity index (χ1n) is 4.76. The van der Waals surface area contributed by atoms with E-state index < -0.39 is 0 Å². The van der Waals surface area contributed by atoms with Gasteiger partial charge in [0.05, 0.1) is 0 Å². The summed E-state index contributed by atoms with van der Waals surface area (Å²) >= 11 is 1.71. The number of carbonyl (C=O) groups excluding carboxylic acids is 1. The van der Waals surface area contributed by atoms with Crippen molar-refractivity contribution in [1.29, 1.82) is 0 Å². The lowest BCUT2D eigenvalue weighted by atomic mass is 10.3. The van der Waals surface area contributed by atoms with Gasteiger partial charge in [-0.05, 0) is 36.6 Å². The van der Waals surface area contributed by atoms with Gasteiger partial charge in [-0.2, -0.15) is 11.8 Å². The normalized spacial score (nSPS) is 10.0. The molecule has 2 nitrogen and oxygen atoms in total. The summed E-state index contributed by atoms with van der Waals surface area (Å²) in [4.78, 5) is 11.4. The summed E-state index contributed by atoms with van der Waals surface area (Å²) in [6, 6.07) is 5.91. The molecule has 0 unspecified atom stereocenters. The van der Waals surface area contributed by atoms with Gasteiger partial charge in [-0.1, -0.05) is 6.07 Å². The summed E-state index contributed by atoms with van der Waals surface area (Å²) < 4.78 is 12.8. The summed E-state index contributed by atoms with van der Waals surface area (Å²) in [5.41, 5.74) is 0.518. The smallest absolute Gasteiger partial charge is 0.224 e. The Morgan fingerprint density at radius 1 is 1.53 bits per heavy atom. The predicted molar refractivity (Wildman–Crippen MR) is 62.6 cm³/mol. The third kappa shape index (κ3) is 4.83. The molecule has 0 aliphatic rings. The zero-order valence-corrected chi connectivity index (χ0v) is 9.44. The molecule has 0 aromatic heterocycles. The van der Waals surface area contributed by atoms with Crippen molar-refractivity contribution in [2.45, 2.75) is 12.8 Å². The van der Waals surface area contributed by atoms with Crippen molar-refractivity contribution in [3.63, 3.8) is 0 Å². The first-order chi connectivity index (χ1) is 7.22. The molecular weight excluding hydrogens is 213 g/mol. The Kier molecular flexibility index (Phi) is 5.18. The van der Waals surface area contributed by atoms with Gasteiger partial charge >= 0.3 is 0 Å². The number of benzene rings is 1. The largest absolute Gasteiger partial charge is 0.326 e. The predicted octanol–water partition coefficient (Wildman–Crippen LogP) is 2.91. The van der Waals surface area contributed by atoms with Crippen LogP contribution in [0.4, 0.5) is 10.1 Å².